The molecule has 0 radical (unpaired) electrons. The Balaban J connectivity index is 1.21. The normalized spacial score (nSPS) is 10.8. The van der Waals surface area contributed by atoms with Gasteiger partial charge in [-0.1, -0.05) is 45.9 Å². The molecule has 2 aromatic carbocycles. The SMILES string of the molecule is Nc1nc(Nc2ccccc2SSc2ccccc2Nc2nc(N)nc(-c3cccnc3)n2)nc(-c2cccnc2)n1. The van der Waals surface area contributed by atoms with Crippen molar-refractivity contribution >= 4 is 56.8 Å². The van der Waals surface area contributed by atoms with Gasteiger partial charge in [-0.3, -0.25) is 9.97 Å². The summed E-state index contributed by atoms with van der Waals surface area (Å²) in [5.41, 5.74) is 15.1. The lowest BCUT2D eigenvalue weighted by Crippen LogP contribution is -2.05. The third kappa shape index (κ3) is 6.51. The first kappa shape index (κ1) is 26.9. The number of rotatable bonds is 9. The summed E-state index contributed by atoms with van der Waals surface area (Å²) in [6.45, 7) is 0. The van der Waals surface area contributed by atoms with Crippen molar-refractivity contribution in [2.75, 3.05) is 22.1 Å². The summed E-state index contributed by atoms with van der Waals surface area (Å²) in [4.78, 5) is 36.3. The van der Waals surface area contributed by atoms with Crippen LogP contribution in [0.4, 0.5) is 35.2 Å². The van der Waals surface area contributed by atoms with Gasteiger partial charge in [-0.2, -0.15) is 29.9 Å². The summed E-state index contributed by atoms with van der Waals surface area (Å²) in [5, 5.41) is 6.57. The zero-order chi connectivity index (χ0) is 28.7. The number of benzene rings is 2. The van der Waals surface area contributed by atoms with Gasteiger partial charge in [0.25, 0.3) is 0 Å². The van der Waals surface area contributed by atoms with Crippen molar-refractivity contribution in [1.82, 2.24) is 39.9 Å². The van der Waals surface area contributed by atoms with Crippen LogP contribution in [0.3, 0.4) is 0 Å². The lowest BCUT2D eigenvalue weighted by Gasteiger charge is -2.13. The first-order valence-electron chi connectivity index (χ1n) is 12.5. The summed E-state index contributed by atoms with van der Waals surface area (Å²) in [5.74, 6) is 1.75. The minimum Gasteiger partial charge on any atom is -0.368 e. The lowest BCUT2D eigenvalue weighted by atomic mass is 10.3. The molecule has 0 spiro atoms. The molecule has 6 rings (SSSR count). The van der Waals surface area contributed by atoms with Crippen molar-refractivity contribution < 1.29 is 0 Å². The maximum absolute atomic E-state index is 5.99. The zero-order valence-corrected chi connectivity index (χ0v) is 23.4. The minimum absolute atomic E-state index is 0.108. The van der Waals surface area contributed by atoms with Crippen molar-refractivity contribution in [1.29, 1.82) is 0 Å². The quantitative estimate of drug-likeness (QED) is 0.152. The highest BCUT2D eigenvalue weighted by Gasteiger charge is 2.13. The van der Waals surface area contributed by atoms with E-state index >= 15 is 0 Å². The average molecular weight is 591 g/mol. The van der Waals surface area contributed by atoms with Gasteiger partial charge < -0.3 is 22.1 Å². The molecule has 0 bridgehead atoms. The fraction of sp³-hybridized carbons (Fsp3) is 0. The highest BCUT2D eigenvalue weighted by atomic mass is 33.1. The molecule has 4 heterocycles. The standard InChI is InChI=1S/C28H22N12S2/c29-25-35-23(17-7-5-13-31-15-17)37-27(39-25)33-19-9-1-3-11-21(19)41-42-22-12-4-2-10-20(22)34-28-38-24(36-26(30)40-28)18-8-6-14-32-16-18/h1-16H,(H3,29,33,35,37,39)(H3,30,34,36,38,40). The highest BCUT2D eigenvalue weighted by molar-refractivity contribution is 8.76. The van der Waals surface area contributed by atoms with E-state index in [4.69, 9.17) is 11.5 Å². The molecule has 0 aliphatic heterocycles. The van der Waals surface area contributed by atoms with Crippen LogP contribution >= 0.6 is 21.6 Å². The molecule has 6 N–H and O–H groups in total. The first-order chi connectivity index (χ1) is 20.6. The van der Waals surface area contributed by atoms with Gasteiger partial charge in [0, 0.05) is 45.7 Å². The molecule has 0 aliphatic carbocycles. The summed E-state index contributed by atoms with van der Waals surface area (Å²) < 4.78 is 0. The maximum Gasteiger partial charge on any atom is 0.232 e. The number of para-hydroxylation sites is 2. The van der Waals surface area contributed by atoms with E-state index in [1.807, 2.05) is 72.8 Å². The average Bonchev–Trinajstić information content (AvgIpc) is 3.02. The molecular formula is C28H22N12S2. The Hall–Kier alpha value is -5.34. The topological polar surface area (TPSA) is 179 Å². The predicted molar refractivity (Wildman–Crippen MR) is 166 cm³/mol. The van der Waals surface area contributed by atoms with E-state index in [2.05, 4.69) is 50.5 Å². The number of pyridine rings is 2. The molecule has 0 unspecified atom stereocenters. The van der Waals surface area contributed by atoms with Crippen molar-refractivity contribution in [3.63, 3.8) is 0 Å². The van der Waals surface area contributed by atoms with Gasteiger partial charge in [0.2, 0.25) is 23.8 Å². The summed E-state index contributed by atoms with van der Waals surface area (Å²) in [6, 6.07) is 23.1. The number of aromatic nitrogens is 8. The zero-order valence-electron chi connectivity index (χ0n) is 21.8. The monoisotopic (exact) mass is 590 g/mol. The Morgan fingerprint density at radius 1 is 0.500 bits per heavy atom. The molecule has 42 heavy (non-hydrogen) atoms. The van der Waals surface area contributed by atoms with Crippen LogP contribution < -0.4 is 22.1 Å². The fourth-order valence-electron chi connectivity index (χ4n) is 3.76. The van der Waals surface area contributed by atoms with Crippen LogP contribution in [0, 0.1) is 0 Å². The number of nitrogens with two attached hydrogens (primary N) is 2. The van der Waals surface area contributed by atoms with Crippen molar-refractivity contribution in [2.45, 2.75) is 9.79 Å². The van der Waals surface area contributed by atoms with Gasteiger partial charge in [-0.05, 0) is 48.5 Å². The molecular weight excluding hydrogens is 569 g/mol. The van der Waals surface area contributed by atoms with Crippen molar-refractivity contribution in [3.05, 3.63) is 97.6 Å². The Bertz CT molecular complexity index is 1690. The van der Waals surface area contributed by atoms with Crippen LogP contribution in [0.25, 0.3) is 22.8 Å². The van der Waals surface area contributed by atoms with E-state index in [0.717, 1.165) is 32.3 Å². The summed E-state index contributed by atoms with van der Waals surface area (Å²) in [6.07, 6.45) is 6.72. The minimum atomic E-state index is 0.108. The molecule has 206 valence electrons. The highest BCUT2D eigenvalue weighted by Crippen LogP contribution is 2.44. The molecule has 0 amide bonds. The molecule has 0 atom stereocenters. The van der Waals surface area contributed by atoms with E-state index in [9.17, 15) is 0 Å². The van der Waals surface area contributed by atoms with Crippen LogP contribution in [0.15, 0.2) is 107 Å². The van der Waals surface area contributed by atoms with Crippen LogP contribution in [-0.2, 0) is 0 Å². The molecule has 12 nitrogen and oxygen atoms in total. The number of anilines is 6. The number of nitrogens with one attached hydrogen (secondary N) is 2. The molecule has 6 aromatic rings. The fourth-order valence-corrected chi connectivity index (χ4v) is 6.04. The second-order valence-corrected chi connectivity index (χ2v) is 10.8. The van der Waals surface area contributed by atoms with Gasteiger partial charge in [-0.15, -0.1) is 0 Å². The van der Waals surface area contributed by atoms with Crippen LogP contribution in [0.1, 0.15) is 0 Å². The van der Waals surface area contributed by atoms with Gasteiger partial charge in [-0.25, -0.2) is 0 Å². The first-order valence-corrected chi connectivity index (χ1v) is 14.7. The van der Waals surface area contributed by atoms with Gasteiger partial charge in [0.05, 0.1) is 11.4 Å². The van der Waals surface area contributed by atoms with E-state index in [1.54, 1.807) is 46.4 Å². The smallest absolute Gasteiger partial charge is 0.232 e. The molecule has 0 saturated heterocycles. The number of hydrogen-bond acceptors (Lipinski definition) is 14. The number of hydrogen-bond donors (Lipinski definition) is 4. The third-order valence-corrected chi connectivity index (χ3v) is 8.11. The van der Waals surface area contributed by atoms with Gasteiger partial charge in [0.1, 0.15) is 0 Å². The predicted octanol–water partition coefficient (Wildman–Crippen LogP) is 5.63. The van der Waals surface area contributed by atoms with E-state index < -0.39 is 0 Å². The molecule has 14 heteroatoms. The molecule has 4 aromatic heterocycles. The van der Waals surface area contributed by atoms with Crippen LogP contribution in [0.5, 0.6) is 0 Å². The van der Waals surface area contributed by atoms with Gasteiger partial charge in [0.15, 0.2) is 11.6 Å². The Morgan fingerprint density at radius 2 is 0.952 bits per heavy atom. The Kier molecular flexibility index (Phi) is 7.96. The van der Waals surface area contributed by atoms with Crippen molar-refractivity contribution in [3.8, 4) is 22.8 Å². The summed E-state index contributed by atoms with van der Waals surface area (Å²) in [7, 11) is 3.14. The maximum atomic E-state index is 5.99. The van der Waals surface area contributed by atoms with Crippen LogP contribution in [0.2, 0.25) is 0 Å². The Labute approximate surface area is 248 Å². The van der Waals surface area contributed by atoms with Crippen LogP contribution in [-0.4, -0.2) is 39.9 Å². The number of nitrogens with zero attached hydrogens (tertiary/aromatic N) is 8. The molecule has 0 saturated carbocycles. The van der Waals surface area contributed by atoms with E-state index in [-0.39, 0.29) is 11.9 Å². The third-order valence-electron chi connectivity index (χ3n) is 5.63. The number of nitrogen functional groups attached to an aromatic ring is 2. The Morgan fingerprint density at radius 3 is 1.38 bits per heavy atom. The summed E-state index contributed by atoms with van der Waals surface area (Å²) >= 11 is 0. The molecule has 0 aliphatic rings. The van der Waals surface area contributed by atoms with Gasteiger partial charge >= 0.3 is 0 Å². The largest absolute Gasteiger partial charge is 0.368 e. The second-order valence-electron chi connectivity index (χ2n) is 8.57. The molecule has 0 fully saturated rings. The van der Waals surface area contributed by atoms with E-state index in [1.165, 1.54) is 0 Å². The van der Waals surface area contributed by atoms with E-state index in [0.29, 0.717) is 23.5 Å². The van der Waals surface area contributed by atoms with Crippen molar-refractivity contribution in [2.24, 2.45) is 0 Å². The second kappa shape index (κ2) is 12.4. The lowest BCUT2D eigenvalue weighted by molar-refractivity contribution is 1.07.